The fraction of sp³-hybridized carbons (Fsp3) is 0.176. The molecule has 1 heterocycles. The maximum atomic E-state index is 11.5. The lowest BCUT2D eigenvalue weighted by Gasteiger charge is -2.09. The molecular formula is C17H16N2O2. The molecule has 0 bridgehead atoms. The summed E-state index contributed by atoms with van der Waals surface area (Å²) in [4.78, 5) is 15.8. The van der Waals surface area contributed by atoms with Crippen LogP contribution in [0.3, 0.4) is 0 Å². The summed E-state index contributed by atoms with van der Waals surface area (Å²) in [6, 6.07) is 17.9. The Kier molecular flexibility index (Phi) is 3.69. The molecule has 0 fully saturated rings. The second kappa shape index (κ2) is 5.79. The third kappa shape index (κ3) is 2.79. The highest BCUT2D eigenvalue weighted by Gasteiger charge is 2.25. The molecule has 2 aromatic rings. The van der Waals surface area contributed by atoms with Crippen LogP contribution in [0.2, 0.25) is 0 Å². The van der Waals surface area contributed by atoms with Crippen molar-refractivity contribution >= 4 is 11.8 Å². The number of amidine groups is 1. The van der Waals surface area contributed by atoms with Gasteiger partial charge in [0, 0.05) is 5.56 Å². The summed E-state index contributed by atoms with van der Waals surface area (Å²) in [7, 11) is 1.39. The van der Waals surface area contributed by atoms with Crippen molar-refractivity contribution in [3.05, 3.63) is 60.2 Å². The largest absolute Gasteiger partial charge is 0.467 e. The van der Waals surface area contributed by atoms with E-state index < -0.39 is 0 Å². The van der Waals surface area contributed by atoms with Gasteiger partial charge in [0.2, 0.25) is 0 Å². The van der Waals surface area contributed by atoms with E-state index in [0.717, 1.165) is 17.0 Å². The van der Waals surface area contributed by atoms with Crippen LogP contribution in [0, 0.1) is 0 Å². The van der Waals surface area contributed by atoms with E-state index in [1.54, 1.807) is 0 Å². The smallest absolute Gasteiger partial charge is 0.330 e. The standard InChI is InChI=1S/C17H16N2O2/c1-21-17(20)15-11-18-16(19-15)14-9-7-13(8-10-14)12-5-3-2-4-6-12/h2-10,15H,11H2,1H3,(H,18,19). The van der Waals surface area contributed by atoms with E-state index in [1.165, 1.54) is 12.7 Å². The number of esters is 1. The monoisotopic (exact) mass is 280 g/mol. The van der Waals surface area contributed by atoms with E-state index in [0.29, 0.717) is 6.54 Å². The third-order valence-corrected chi connectivity index (χ3v) is 3.49. The average Bonchev–Trinajstić information content (AvgIpc) is 3.05. The van der Waals surface area contributed by atoms with Gasteiger partial charge in [-0.3, -0.25) is 4.99 Å². The minimum atomic E-state index is -0.376. The number of ether oxygens (including phenoxy) is 1. The van der Waals surface area contributed by atoms with Crippen LogP contribution in [0.15, 0.2) is 59.6 Å². The number of hydrogen-bond acceptors (Lipinski definition) is 4. The topological polar surface area (TPSA) is 50.7 Å². The Morgan fingerprint density at radius 3 is 2.33 bits per heavy atom. The van der Waals surface area contributed by atoms with Crippen LogP contribution in [-0.4, -0.2) is 31.5 Å². The van der Waals surface area contributed by atoms with Crippen molar-refractivity contribution in [2.45, 2.75) is 6.04 Å². The summed E-state index contributed by atoms with van der Waals surface area (Å²) in [5, 5.41) is 3.09. The molecule has 1 aliphatic rings. The molecule has 2 aromatic carbocycles. The highest BCUT2D eigenvalue weighted by Crippen LogP contribution is 2.19. The van der Waals surface area contributed by atoms with Crippen molar-refractivity contribution < 1.29 is 9.53 Å². The Balaban J connectivity index is 1.75. The number of benzene rings is 2. The van der Waals surface area contributed by atoms with Gasteiger partial charge in [-0.05, 0) is 11.1 Å². The molecule has 0 aromatic heterocycles. The molecule has 1 aliphatic heterocycles. The molecule has 1 unspecified atom stereocenters. The van der Waals surface area contributed by atoms with E-state index in [4.69, 9.17) is 4.74 Å². The van der Waals surface area contributed by atoms with Crippen LogP contribution in [-0.2, 0) is 9.53 Å². The number of carbonyl (C=O) groups excluding carboxylic acids is 1. The molecule has 106 valence electrons. The second-order valence-electron chi connectivity index (χ2n) is 4.85. The van der Waals surface area contributed by atoms with Gasteiger partial charge in [0.05, 0.1) is 13.7 Å². The number of nitrogens with zero attached hydrogens (tertiary/aromatic N) is 1. The zero-order chi connectivity index (χ0) is 14.7. The predicted molar refractivity (Wildman–Crippen MR) is 82.2 cm³/mol. The van der Waals surface area contributed by atoms with Gasteiger partial charge in [0.25, 0.3) is 0 Å². The van der Waals surface area contributed by atoms with Gasteiger partial charge in [-0.15, -0.1) is 0 Å². The first-order chi connectivity index (χ1) is 10.3. The third-order valence-electron chi connectivity index (χ3n) is 3.49. The Hall–Kier alpha value is -2.62. The molecular weight excluding hydrogens is 264 g/mol. The van der Waals surface area contributed by atoms with E-state index in [2.05, 4.69) is 34.6 Å². The van der Waals surface area contributed by atoms with Crippen molar-refractivity contribution in [2.75, 3.05) is 13.7 Å². The van der Waals surface area contributed by atoms with Gasteiger partial charge in [-0.1, -0.05) is 54.6 Å². The maximum absolute atomic E-state index is 11.5. The first-order valence-corrected chi connectivity index (χ1v) is 6.82. The van der Waals surface area contributed by atoms with E-state index in [-0.39, 0.29) is 12.0 Å². The molecule has 1 atom stereocenters. The Morgan fingerprint density at radius 1 is 1.05 bits per heavy atom. The molecule has 0 spiro atoms. The van der Waals surface area contributed by atoms with Gasteiger partial charge in [-0.25, -0.2) is 4.79 Å². The minimum absolute atomic E-state index is 0.283. The molecule has 21 heavy (non-hydrogen) atoms. The summed E-state index contributed by atoms with van der Waals surface area (Å²) in [5.74, 6) is 0.458. The normalized spacial score (nSPS) is 17.0. The van der Waals surface area contributed by atoms with Crippen LogP contribution < -0.4 is 5.32 Å². The highest BCUT2D eigenvalue weighted by atomic mass is 16.5. The zero-order valence-electron chi connectivity index (χ0n) is 11.7. The quantitative estimate of drug-likeness (QED) is 0.877. The predicted octanol–water partition coefficient (Wildman–Crippen LogP) is 2.25. The molecule has 4 heteroatoms. The van der Waals surface area contributed by atoms with Gasteiger partial charge in [0.15, 0.2) is 0 Å². The molecule has 0 saturated heterocycles. The van der Waals surface area contributed by atoms with E-state index in [9.17, 15) is 4.79 Å². The lowest BCUT2D eigenvalue weighted by molar-refractivity contribution is -0.142. The molecule has 3 rings (SSSR count). The summed E-state index contributed by atoms with van der Waals surface area (Å²) in [6.45, 7) is 0.419. The van der Waals surface area contributed by atoms with Gasteiger partial charge in [0.1, 0.15) is 11.9 Å². The van der Waals surface area contributed by atoms with Crippen molar-refractivity contribution in [2.24, 2.45) is 4.99 Å². The molecule has 0 aliphatic carbocycles. The van der Waals surface area contributed by atoms with Crippen LogP contribution >= 0.6 is 0 Å². The zero-order valence-corrected chi connectivity index (χ0v) is 11.7. The van der Waals surface area contributed by atoms with Crippen molar-refractivity contribution in [3.8, 4) is 11.1 Å². The maximum Gasteiger partial charge on any atom is 0.330 e. The van der Waals surface area contributed by atoms with Crippen molar-refractivity contribution in [1.29, 1.82) is 0 Å². The molecule has 4 nitrogen and oxygen atoms in total. The number of hydrogen-bond donors (Lipinski definition) is 1. The lowest BCUT2D eigenvalue weighted by atomic mass is 10.0. The number of nitrogens with one attached hydrogen (secondary N) is 1. The summed E-state index contributed by atoms with van der Waals surface area (Å²) >= 11 is 0. The minimum Gasteiger partial charge on any atom is -0.467 e. The Bertz CT molecular complexity index is 663. The van der Waals surface area contributed by atoms with Gasteiger partial charge in [-0.2, -0.15) is 0 Å². The first kappa shape index (κ1) is 13.4. The van der Waals surface area contributed by atoms with Crippen LogP contribution in [0.5, 0.6) is 0 Å². The number of rotatable bonds is 3. The lowest BCUT2D eigenvalue weighted by Crippen LogP contribution is -2.38. The average molecular weight is 280 g/mol. The second-order valence-corrected chi connectivity index (χ2v) is 4.85. The van der Waals surface area contributed by atoms with E-state index >= 15 is 0 Å². The summed E-state index contributed by atoms with van der Waals surface area (Å²) < 4.78 is 4.72. The fourth-order valence-corrected chi connectivity index (χ4v) is 2.34. The molecule has 0 radical (unpaired) electrons. The SMILES string of the molecule is COC(=O)C1CN=C(c2ccc(-c3ccccc3)cc2)N1. The van der Waals surface area contributed by atoms with Crippen molar-refractivity contribution in [3.63, 3.8) is 0 Å². The van der Waals surface area contributed by atoms with Gasteiger partial charge >= 0.3 is 5.97 Å². The number of carbonyl (C=O) groups is 1. The Morgan fingerprint density at radius 2 is 1.67 bits per heavy atom. The molecule has 0 amide bonds. The summed E-state index contributed by atoms with van der Waals surface area (Å²) in [5.41, 5.74) is 3.31. The number of methoxy groups -OCH3 is 1. The summed E-state index contributed by atoms with van der Waals surface area (Å²) in [6.07, 6.45) is 0. The van der Waals surface area contributed by atoms with Gasteiger partial charge < -0.3 is 10.1 Å². The fourth-order valence-electron chi connectivity index (χ4n) is 2.34. The molecule has 1 N–H and O–H groups in total. The highest BCUT2D eigenvalue weighted by molar-refractivity contribution is 6.02. The number of aliphatic imine (C=N–C) groups is 1. The van der Waals surface area contributed by atoms with Crippen LogP contribution in [0.25, 0.3) is 11.1 Å². The first-order valence-electron chi connectivity index (χ1n) is 6.82. The molecule has 0 saturated carbocycles. The van der Waals surface area contributed by atoms with Crippen LogP contribution in [0.1, 0.15) is 5.56 Å². The van der Waals surface area contributed by atoms with E-state index in [1.807, 2.05) is 30.3 Å². The van der Waals surface area contributed by atoms with Crippen LogP contribution in [0.4, 0.5) is 0 Å². The van der Waals surface area contributed by atoms with Crippen molar-refractivity contribution in [1.82, 2.24) is 5.32 Å². The Labute approximate surface area is 123 Å².